The molecule has 0 atom stereocenters. The first kappa shape index (κ1) is 22.9. The van der Waals surface area contributed by atoms with Crippen LogP contribution in [0.2, 0.25) is 10.0 Å². The third kappa shape index (κ3) is 5.29. The van der Waals surface area contributed by atoms with Crippen LogP contribution in [-0.2, 0) is 17.5 Å². The molecule has 1 aromatic heterocycles. The molecule has 0 spiro atoms. The lowest BCUT2D eigenvalue weighted by Crippen LogP contribution is -2.27. The van der Waals surface area contributed by atoms with Crippen LogP contribution in [0.15, 0.2) is 47.3 Å². The molecule has 1 amide bonds. The number of nitrogens with zero attached hydrogens (tertiary/aromatic N) is 3. The lowest BCUT2D eigenvalue weighted by Gasteiger charge is -2.10. The molecular weight excluding hydrogens is 456 g/mol. The summed E-state index contributed by atoms with van der Waals surface area (Å²) < 4.78 is 41.1. The normalized spacial score (nSPS) is 11.5. The van der Waals surface area contributed by atoms with Crippen molar-refractivity contribution in [1.29, 1.82) is 0 Å². The summed E-state index contributed by atoms with van der Waals surface area (Å²) in [6, 6.07) is 8.80. The van der Waals surface area contributed by atoms with Gasteiger partial charge in [0.25, 0.3) is 0 Å². The summed E-state index contributed by atoms with van der Waals surface area (Å²) >= 11 is 12.2. The van der Waals surface area contributed by atoms with E-state index in [-0.39, 0.29) is 29.0 Å². The quantitative estimate of drug-likeness (QED) is 0.535. The van der Waals surface area contributed by atoms with Gasteiger partial charge in [0, 0.05) is 30.6 Å². The first-order valence-electron chi connectivity index (χ1n) is 9.15. The Bertz CT molecular complexity index is 1150. The molecule has 0 fully saturated rings. The molecule has 3 rings (SSSR count). The van der Waals surface area contributed by atoms with Crippen LogP contribution < -0.4 is 11.0 Å². The number of alkyl halides is 3. The Morgan fingerprint density at radius 1 is 1.13 bits per heavy atom. The fraction of sp³-hybridized carbons (Fsp3) is 0.250. The molecule has 164 valence electrons. The molecule has 0 unspecified atom stereocenters. The predicted molar refractivity (Wildman–Crippen MR) is 112 cm³/mol. The molecule has 0 saturated carbocycles. The van der Waals surface area contributed by atoms with Gasteiger partial charge in [-0.1, -0.05) is 23.2 Å². The van der Waals surface area contributed by atoms with Crippen LogP contribution in [0.3, 0.4) is 0 Å². The van der Waals surface area contributed by atoms with Gasteiger partial charge in [0.05, 0.1) is 16.3 Å². The largest absolute Gasteiger partial charge is 0.416 e. The first-order chi connectivity index (χ1) is 14.6. The predicted octanol–water partition coefficient (Wildman–Crippen LogP) is 4.55. The standard InChI is InChI=1S/C20H17Cl2F3N4O2/c1-12(30)26-9-2-10-28-19(31)29(15-6-3-13(4-7-15)20(23,24)25)18(27-28)16-8-5-14(21)11-17(16)22/h3-8,11H,2,9-10H2,1H3,(H,26,30). The van der Waals surface area contributed by atoms with Crippen molar-refractivity contribution in [3.8, 4) is 17.1 Å². The van der Waals surface area contributed by atoms with Crippen LogP contribution in [0.1, 0.15) is 18.9 Å². The number of benzene rings is 2. The lowest BCUT2D eigenvalue weighted by molar-refractivity contribution is -0.137. The molecule has 3 aromatic rings. The highest BCUT2D eigenvalue weighted by atomic mass is 35.5. The van der Waals surface area contributed by atoms with Crippen LogP contribution in [0, 0.1) is 0 Å². The van der Waals surface area contributed by atoms with Crippen LogP contribution >= 0.6 is 23.2 Å². The molecule has 0 bridgehead atoms. The number of hydrogen-bond donors (Lipinski definition) is 1. The Labute approximate surface area is 185 Å². The Morgan fingerprint density at radius 3 is 2.39 bits per heavy atom. The Morgan fingerprint density at radius 2 is 1.81 bits per heavy atom. The van der Waals surface area contributed by atoms with Crippen LogP contribution in [0.5, 0.6) is 0 Å². The van der Waals surface area contributed by atoms with Gasteiger partial charge in [0.1, 0.15) is 0 Å². The number of nitrogens with one attached hydrogen (secondary N) is 1. The summed E-state index contributed by atoms with van der Waals surface area (Å²) in [5.74, 6) is -0.0396. The Kier molecular flexibility index (Phi) is 6.76. The third-order valence-corrected chi connectivity index (χ3v) is 4.93. The van der Waals surface area contributed by atoms with Gasteiger partial charge >= 0.3 is 11.9 Å². The molecule has 1 N–H and O–H groups in total. The molecule has 11 heteroatoms. The molecule has 2 aromatic carbocycles. The van der Waals surface area contributed by atoms with Crippen molar-refractivity contribution < 1.29 is 18.0 Å². The van der Waals surface area contributed by atoms with Crippen molar-refractivity contribution in [1.82, 2.24) is 19.7 Å². The summed E-state index contributed by atoms with van der Waals surface area (Å²) in [7, 11) is 0. The zero-order valence-corrected chi connectivity index (χ0v) is 17.7. The highest BCUT2D eigenvalue weighted by Crippen LogP contribution is 2.32. The van der Waals surface area contributed by atoms with Crippen molar-refractivity contribution in [3.63, 3.8) is 0 Å². The van der Waals surface area contributed by atoms with E-state index in [1.165, 1.54) is 34.4 Å². The summed E-state index contributed by atoms with van der Waals surface area (Å²) in [5, 5.41) is 7.58. The van der Waals surface area contributed by atoms with Gasteiger partial charge in [-0.05, 0) is 48.9 Å². The molecule has 1 heterocycles. The number of halogens is 5. The van der Waals surface area contributed by atoms with Crippen LogP contribution in [-0.4, -0.2) is 26.8 Å². The van der Waals surface area contributed by atoms with Crippen molar-refractivity contribution in [3.05, 3.63) is 68.6 Å². The van der Waals surface area contributed by atoms with E-state index >= 15 is 0 Å². The molecule has 0 aliphatic carbocycles. The van der Waals surface area contributed by atoms with E-state index < -0.39 is 17.4 Å². The number of hydrogen-bond acceptors (Lipinski definition) is 3. The summed E-state index contributed by atoms with van der Waals surface area (Å²) in [6.07, 6.45) is -4.07. The summed E-state index contributed by atoms with van der Waals surface area (Å²) in [6.45, 7) is 1.91. The molecule has 0 aliphatic rings. The van der Waals surface area contributed by atoms with Gasteiger partial charge in [-0.25, -0.2) is 14.0 Å². The number of rotatable bonds is 6. The molecule has 0 radical (unpaired) electrons. The maximum absolute atomic E-state index is 13.0. The second kappa shape index (κ2) is 9.15. The molecule has 0 aliphatic heterocycles. The highest BCUT2D eigenvalue weighted by molar-refractivity contribution is 6.36. The Hall–Kier alpha value is -2.78. The average molecular weight is 473 g/mol. The highest BCUT2D eigenvalue weighted by Gasteiger charge is 2.30. The lowest BCUT2D eigenvalue weighted by atomic mass is 10.1. The fourth-order valence-corrected chi connectivity index (χ4v) is 3.42. The van der Waals surface area contributed by atoms with Crippen LogP contribution in [0.25, 0.3) is 17.1 Å². The van der Waals surface area contributed by atoms with Gasteiger partial charge in [-0.3, -0.25) is 4.79 Å². The minimum atomic E-state index is -4.50. The average Bonchev–Trinajstić information content (AvgIpc) is 3.00. The maximum atomic E-state index is 13.0. The van der Waals surface area contributed by atoms with E-state index in [4.69, 9.17) is 23.2 Å². The van der Waals surface area contributed by atoms with E-state index in [9.17, 15) is 22.8 Å². The zero-order chi connectivity index (χ0) is 22.8. The number of aromatic nitrogens is 3. The van der Waals surface area contributed by atoms with E-state index in [1.54, 1.807) is 12.1 Å². The SMILES string of the molecule is CC(=O)NCCCn1nc(-c2ccc(Cl)cc2Cl)n(-c2ccc(C(F)(F)F)cc2)c1=O. The smallest absolute Gasteiger partial charge is 0.356 e. The zero-order valence-electron chi connectivity index (χ0n) is 16.2. The van der Waals surface area contributed by atoms with E-state index in [1.807, 2.05) is 0 Å². The van der Waals surface area contributed by atoms with E-state index in [0.29, 0.717) is 23.6 Å². The van der Waals surface area contributed by atoms with Crippen LogP contribution in [0.4, 0.5) is 13.2 Å². The number of carbonyl (C=O) groups is 1. The van der Waals surface area contributed by atoms with Gasteiger partial charge < -0.3 is 5.32 Å². The van der Waals surface area contributed by atoms with Crippen molar-refractivity contribution in [2.45, 2.75) is 26.1 Å². The minimum Gasteiger partial charge on any atom is -0.356 e. The number of carbonyl (C=O) groups excluding carboxylic acids is 1. The Balaban J connectivity index is 2.07. The van der Waals surface area contributed by atoms with Crippen molar-refractivity contribution in [2.75, 3.05) is 6.54 Å². The third-order valence-electron chi connectivity index (χ3n) is 4.38. The number of amides is 1. The maximum Gasteiger partial charge on any atom is 0.416 e. The van der Waals surface area contributed by atoms with Crippen molar-refractivity contribution in [2.24, 2.45) is 0 Å². The van der Waals surface area contributed by atoms with Gasteiger partial charge in [0.2, 0.25) is 5.91 Å². The molecule has 6 nitrogen and oxygen atoms in total. The summed E-state index contributed by atoms with van der Waals surface area (Å²) in [5.41, 5.74) is -0.794. The summed E-state index contributed by atoms with van der Waals surface area (Å²) in [4.78, 5) is 24.0. The van der Waals surface area contributed by atoms with Gasteiger partial charge in [0.15, 0.2) is 5.82 Å². The minimum absolute atomic E-state index is 0.158. The first-order valence-corrected chi connectivity index (χ1v) is 9.91. The monoisotopic (exact) mass is 472 g/mol. The van der Waals surface area contributed by atoms with Gasteiger partial charge in [-0.2, -0.15) is 13.2 Å². The van der Waals surface area contributed by atoms with Gasteiger partial charge in [-0.15, -0.1) is 5.10 Å². The number of aryl methyl sites for hydroxylation is 1. The van der Waals surface area contributed by atoms with E-state index in [2.05, 4.69) is 10.4 Å². The molecule has 31 heavy (non-hydrogen) atoms. The van der Waals surface area contributed by atoms with E-state index in [0.717, 1.165) is 12.1 Å². The topological polar surface area (TPSA) is 68.9 Å². The second-order valence-electron chi connectivity index (χ2n) is 6.67. The second-order valence-corrected chi connectivity index (χ2v) is 7.51. The molecular formula is C20H17Cl2F3N4O2. The molecule has 0 saturated heterocycles. The fourth-order valence-electron chi connectivity index (χ4n) is 2.92. The van der Waals surface area contributed by atoms with Crippen molar-refractivity contribution >= 4 is 29.1 Å².